The summed E-state index contributed by atoms with van der Waals surface area (Å²) in [6.07, 6.45) is 12.0. The molecule has 0 fully saturated rings. The van der Waals surface area contributed by atoms with E-state index < -0.39 is 5.97 Å². The van der Waals surface area contributed by atoms with Crippen LogP contribution in [0.2, 0.25) is 0 Å². The van der Waals surface area contributed by atoms with Crippen LogP contribution in [0.25, 0.3) is 10.9 Å². The first-order valence-electron chi connectivity index (χ1n) is 9.77. The summed E-state index contributed by atoms with van der Waals surface area (Å²) >= 11 is 4.48. The van der Waals surface area contributed by atoms with E-state index in [1.54, 1.807) is 6.20 Å². The van der Waals surface area contributed by atoms with E-state index in [-0.39, 0.29) is 0 Å². The van der Waals surface area contributed by atoms with E-state index in [1.807, 2.05) is 22.8 Å². The zero-order chi connectivity index (χ0) is 18.8. The van der Waals surface area contributed by atoms with Crippen LogP contribution in [0.5, 0.6) is 0 Å². The lowest BCUT2D eigenvalue weighted by Crippen LogP contribution is -2.06. The van der Waals surface area contributed by atoms with Gasteiger partial charge >= 0.3 is 5.97 Å². The Morgan fingerprint density at radius 1 is 1.08 bits per heavy atom. The highest BCUT2D eigenvalue weighted by molar-refractivity contribution is 7.80. The van der Waals surface area contributed by atoms with E-state index in [0.717, 1.165) is 28.8 Å². The first-order chi connectivity index (χ1) is 12.6. The summed E-state index contributed by atoms with van der Waals surface area (Å²) < 4.78 is 7.69. The molecule has 0 radical (unpaired) electrons. The molecule has 0 bridgehead atoms. The van der Waals surface area contributed by atoms with Gasteiger partial charge < -0.3 is 14.4 Å². The Balaban J connectivity index is 1.71. The molecule has 26 heavy (non-hydrogen) atoms. The van der Waals surface area contributed by atoms with Gasteiger partial charge in [0.05, 0.1) is 17.7 Å². The topological polar surface area (TPSA) is 51.5 Å². The molecule has 5 heteroatoms. The summed E-state index contributed by atoms with van der Waals surface area (Å²) in [6.45, 7) is 4.24. The van der Waals surface area contributed by atoms with Crippen LogP contribution in [-0.2, 0) is 11.3 Å². The largest absolute Gasteiger partial charge is 0.478 e. The van der Waals surface area contributed by atoms with Crippen LogP contribution in [-0.4, -0.2) is 28.9 Å². The minimum Gasteiger partial charge on any atom is -0.478 e. The number of ether oxygens (including phenoxy) is 1. The van der Waals surface area contributed by atoms with Gasteiger partial charge in [-0.25, -0.2) is 4.79 Å². The standard InChI is InChI=1S/C21H31NO3S/c1-2-3-4-5-6-7-8-9-14-25-15-13-22-16-18(21(23)24)17-11-10-12-19(26)20(17)22/h10-12,16,26H,2-9,13-15H2,1H3,(H,23,24). The molecular weight excluding hydrogens is 346 g/mol. The molecule has 0 amide bonds. The van der Waals surface area contributed by atoms with Crippen molar-refractivity contribution in [2.24, 2.45) is 0 Å². The smallest absolute Gasteiger partial charge is 0.337 e. The fraction of sp³-hybridized carbons (Fsp3) is 0.571. The number of nitrogens with zero attached hydrogens (tertiary/aromatic N) is 1. The van der Waals surface area contributed by atoms with Crippen LogP contribution < -0.4 is 0 Å². The van der Waals surface area contributed by atoms with Crippen molar-refractivity contribution < 1.29 is 14.6 Å². The van der Waals surface area contributed by atoms with Gasteiger partial charge in [-0.2, -0.15) is 0 Å². The SMILES string of the molecule is CCCCCCCCCCOCCn1cc(C(=O)O)c2cccc(S)c21. The summed E-state index contributed by atoms with van der Waals surface area (Å²) in [5, 5.41) is 10.1. The molecule has 1 aromatic carbocycles. The second kappa shape index (κ2) is 11.3. The van der Waals surface area contributed by atoms with E-state index in [0.29, 0.717) is 18.7 Å². The van der Waals surface area contributed by atoms with Crippen molar-refractivity contribution in [1.82, 2.24) is 4.57 Å². The highest BCUT2D eigenvalue weighted by Gasteiger charge is 2.15. The molecule has 1 aromatic heterocycles. The van der Waals surface area contributed by atoms with Gasteiger partial charge in [0.1, 0.15) is 0 Å². The van der Waals surface area contributed by atoms with Crippen molar-refractivity contribution in [3.8, 4) is 0 Å². The van der Waals surface area contributed by atoms with Crippen LogP contribution >= 0.6 is 12.6 Å². The van der Waals surface area contributed by atoms with E-state index >= 15 is 0 Å². The van der Waals surface area contributed by atoms with E-state index in [9.17, 15) is 9.90 Å². The number of aromatic carboxylic acids is 1. The van der Waals surface area contributed by atoms with Crippen molar-refractivity contribution in [2.45, 2.75) is 69.7 Å². The lowest BCUT2D eigenvalue weighted by Gasteiger charge is -2.08. The molecule has 2 aromatic rings. The van der Waals surface area contributed by atoms with Crippen molar-refractivity contribution in [3.63, 3.8) is 0 Å². The number of unbranched alkanes of at least 4 members (excludes halogenated alkanes) is 7. The molecule has 0 spiro atoms. The Morgan fingerprint density at radius 3 is 2.46 bits per heavy atom. The zero-order valence-corrected chi connectivity index (χ0v) is 16.6. The molecule has 1 heterocycles. The second-order valence-corrected chi connectivity index (χ2v) is 7.28. The minimum atomic E-state index is -0.910. The van der Waals surface area contributed by atoms with Crippen molar-refractivity contribution >= 4 is 29.5 Å². The van der Waals surface area contributed by atoms with Crippen molar-refractivity contribution in [1.29, 1.82) is 0 Å². The second-order valence-electron chi connectivity index (χ2n) is 6.80. The van der Waals surface area contributed by atoms with Crippen LogP contribution in [0.3, 0.4) is 0 Å². The molecule has 0 aliphatic rings. The number of rotatable bonds is 13. The predicted octanol–water partition coefficient (Wildman–Crippen LogP) is 5.79. The molecule has 0 aliphatic heterocycles. The van der Waals surface area contributed by atoms with Crippen molar-refractivity contribution in [3.05, 3.63) is 30.0 Å². The Bertz CT molecular complexity index is 696. The van der Waals surface area contributed by atoms with Crippen LogP contribution in [0, 0.1) is 0 Å². The highest BCUT2D eigenvalue weighted by atomic mass is 32.1. The van der Waals surface area contributed by atoms with E-state index in [1.165, 1.54) is 44.9 Å². The number of carboxylic acids is 1. The number of para-hydroxylation sites is 1. The van der Waals surface area contributed by atoms with Gasteiger partial charge in [0.2, 0.25) is 0 Å². The van der Waals surface area contributed by atoms with E-state index in [4.69, 9.17) is 4.74 Å². The summed E-state index contributed by atoms with van der Waals surface area (Å²) in [6, 6.07) is 5.55. The molecule has 4 nitrogen and oxygen atoms in total. The van der Waals surface area contributed by atoms with Gasteiger partial charge in [0, 0.05) is 29.6 Å². The first-order valence-corrected chi connectivity index (χ1v) is 10.2. The summed E-state index contributed by atoms with van der Waals surface area (Å²) in [4.78, 5) is 12.2. The third-order valence-corrected chi connectivity index (χ3v) is 5.09. The van der Waals surface area contributed by atoms with Gasteiger partial charge in [-0.15, -0.1) is 12.6 Å². The quantitative estimate of drug-likeness (QED) is 0.343. The lowest BCUT2D eigenvalue weighted by atomic mass is 10.1. The van der Waals surface area contributed by atoms with Crippen LogP contribution in [0.15, 0.2) is 29.3 Å². The number of aromatic nitrogens is 1. The maximum absolute atomic E-state index is 11.4. The van der Waals surface area contributed by atoms with Gasteiger partial charge in [-0.05, 0) is 12.5 Å². The number of fused-ring (bicyclic) bond motifs is 1. The maximum atomic E-state index is 11.4. The molecule has 0 saturated carbocycles. The number of carboxylic acid groups (broad SMARTS) is 1. The molecular formula is C21H31NO3S. The Kier molecular flexibility index (Phi) is 9.06. The lowest BCUT2D eigenvalue weighted by molar-refractivity contribution is 0.0698. The predicted molar refractivity (Wildman–Crippen MR) is 110 cm³/mol. The Labute approximate surface area is 162 Å². The highest BCUT2D eigenvalue weighted by Crippen LogP contribution is 2.27. The van der Waals surface area contributed by atoms with E-state index in [2.05, 4.69) is 19.6 Å². The summed E-state index contributed by atoms with van der Waals surface area (Å²) in [7, 11) is 0. The third kappa shape index (κ3) is 6.06. The minimum absolute atomic E-state index is 0.318. The number of hydrogen-bond donors (Lipinski definition) is 2. The Morgan fingerprint density at radius 2 is 1.77 bits per heavy atom. The molecule has 144 valence electrons. The molecule has 0 saturated heterocycles. The number of hydrogen-bond acceptors (Lipinski definition) is 3. The molecule has 0 unspecified atom stereocenters. The maximum Gasteiger partial charge on any atom is 0.337 e. The van der Waals surface area contributed by atoms with Crippen LogP contribution in [0.1, 0.15) is 68.6 Å². The molecule has 0 atom stereocenters. The van der Waals surface area contributed by atoms with Crippen molar-refractivity contribution in [2.75, 3.05) is 13.2 Å². The monoisotopic (exact) mass is 377 g/mol. The van der Waals surface area contributed by atoms with Gasteiger partial charge in [0.25, 0.3) is 0 Å². The average molecular weight is 378 g/mol. The van der Waals surface area contributed by atoms with Gasteiger partial charge in [-0.1, -0.05) is 64.0 Å². The molecule has 2 rings (SSSR count). The Hall–Kier alpha value is -1.46. The normalized spacial score (nSPS) is 11.3. The fourth-order valence-electron chi connectivity index (χ4n) is 3.29. The zero-order valence-electron chi connectivity index (χ0n) is 15.7. The summed E-state index contributed by atoms with van der Waals surface area (Å²) in [5.41, 5.74) is 1.18. The fourth-order valence-corrected chi connectivity index (χ4v) is 3.63. The third-order valence-electron chi connectivity index (χ3n) is 4.73. The molecule has 1 N–H and O–H groups in total. The van der Waals surface area contributed by atoms with Gasteiger partial charge in [0.15, 0.2) is 0 Å². The van der Waals surface area contributed by atoms with Gasteiger partial charge in [-0.3, -0.25) is 0 Å². The first kappa shape index (κ1) is 20.8. The number of thiol groups is 1. The number of benzene rings is 1. The van der Waals surface area contributed by atoms with Crippen LogP contribution in [0.4, 0.5) is 0 Å². The molecule has 0 aliphatic carbocycles. The number of carbonyl (C=O) groups is 1. The average Bonchev–Trinajstić information content (AvgIpc) is 3.00. The summed E-state index contributed by atoms with van der Waals surface area (Å²) in [5.74, 6) is -0.910.